The normalized spacial score (nSPS) is 39.2. The van der Waals surface area contributed by atoms with Crippen LogP contribution in [0.5, 0.6) is 0 Å². The van der Waals surface area contributed by atoms with Crippen LogP contribution in [0.3, 0.4) is 0 Å². The lowest BCUT2D eigenvalue weighted by Crippen LogP contribution is -2.70. The molecule has 4 aliphatic rings. The van der Waals surface area contributed by atoms with E-state index in [0.717, 1.165) is 58.4 Å². The van der Waals surface area contributed by atoms with Gasteiger partial charge < -0.3 is 10.2 Å². The van der Waals surface area contributed by atoms with Gasteiger partial charge in [-0.05, 0) is 0 Å². The van der Waals surface area contributed by atoms with Crippen molar-refractivity contribution in [1.82, 2.24) is 36.4 Å². The van der Waals surface area contributed by atoms with Gasteiger partial charge in [-0.1, -0.05) is 0 Å². The minimum absolute atomic E-state index is 0.0753. The van der Waals surface area contributed by atoms with E-state index in [0.29, 0.717) is 18.1 Å². The van der Waals surface area contributed by atoms with Gasteiger partial charge in [-0.2, -0.15) is 0 Å². The number of rotatable bonds is 2. The van der Waals surface area contributed by atoms with Crippen molar-refractivity contribution < 1.29 is 4.79 Å². The predicted molar refractivity (Wildman–Crippen MR) is 90.9 cm³/mol. The van der Waals surface area contributed by atoms with Crippen LogP contribution in [0.15, 0.2) is 0 Å². The molecular weight excluding hydrogens is 314 g/mol. The summed E-state index contributed by atoms with van der Waals surface area (Å²) in [7, 11) is 0. The lowest BCUT2D eigenvalue weighted by Gasteiger charge is -2.45. The quantitative estimate of drug-likeness (QED) is 0.367. The average molecular weight is 341 g/mol. The van der Waals surface area contributed by atoms with Crippen molar-refractivity contribution in [3.63, 3.8) is 0 Å². The van der Waals surface area contributed by atoms with E-state index in [1.54, 1.807) is 0 Å². The first-order valence-corrected chi connectivity index (χ1v) is 9.66. The van der Waals surface area contributed by atoms with E-state index >= 15 is 0 Å². The third kappa shape index (κ3) is 3.37. The van der Waals surface area contributed by atoms with Crippen LogP contribution in [0.4, 0.5) is 0 Å². The van der Waals surface area contributed by atoms with E-state index in [4.69, 9.17) is 0 Å². The summed E-state index contributed by atoms with van der Waals surface area (Å²) < 4.78 is 0. The molecule has 0 bridgehead atoms. The largest absolute Gasteiger partial charge is 0.339 e. The molecule has 0 aliphatic carbocycles. The van der Waals surface area contributed by atoms with Crippen molar-refractivity contribution in [3.05, 3.63) is 0 Å². The van der Waals surface area contributed by atoms with E-state index in [2.05, 4.69) is 31.5 Å². The van der Waals surface area contributed by atoms with E-state index in [-0.39, 0.29) is 11.4 Å². The molecule has 0 aromatic heterocycles. The minimum atomic E-state index is 0.0753. The maximum Gasteiger partial charge on any atom is 0.237 e. The van der Waals surface area contributed by atoms with Crippen molar-refractivity contribution in [1.29, 1.82) is 0 Å². The van der Waals surface area contributed by atoms with Crippen LogP contribution in [-0.4, -0.2) is 97.7 Å². The second kappa shape index (κ2) is 7.22. The fourth-order valence-electron chi connectivity index (χ4n) is 3.94. The number of hydrogen-bond acceptors (Lipinski definition) is 8. The van der Waals surface area contributed by atoms with Gasteiger partial charge in [0.25, 0.3) is 0 Å². The van der Waals surface area contributed by atoms with Gasteiger partial charge in [-0.3, -0.25) is 31.0 Å². The molecule has 4 rings (SSSR count). The first-order chi connectivity index (χ1) is 11.3. The highest BCUT2D eigenvalue weighted by atomic mass is 32.2. The standard InChI is InChI=1S/C14H27N7OS/c22-14(20-3-1-15-2-4-20)10-7-21(5-6-23-10)13-11-12(17-8-16-11)18-9-19-13/h10-13,15-19H,1-9H2. The third-order valence-electron chi connectivity index (χ3n) is 5.19. The summed E-state index contributed by atoms with van der Waals surface area (Å²) in [6.07, 6.45) is 0.605. The van der Waals surface area contributed by atoms with Gasteiger partial charge in [0, 0.05) is 58.4 Å². The van der Waals surface area contributed by atoms with Crippen LogP contribution in [0, 0.1) is 0 Å². The zero-order chi connectivity index (χ0) is 15.6. The van der Waals surface area contributed by atoms with Crippen molar-refractivity contribution in [3.8, 4) is 0 Å². The molecule has 0 saturated carbocycles. The summed E-state index contributed by atoms with van der Waals surface area (Å²) in [4.78, 5) is 17.3. The molecule has 130 valence electrons. The van der Waals surface area contributed by atoms with Gasteiger partial charge in [0.1, 0.15) is 0 Å². The molecule has 0 aromatic rings. The van der Waals surface area contributed by atoms with Gasteiger partial charge in [-0.15, -0.1) is 11.8 Å². The maximum atomic E-state index is 12.8. The first kappa shape index (κ1) is 16.1. The molecule has 0 radical (unpaired) electrons. The molecule has 8 nitrogen and oxygen atoms in total. The number of hydrogen-bond donors (Lipinski definition) is 5. The Hall–Kier alpha value is -0.420. The SMILES string of the molecule is O=C(C1CN(C2NCNC3NCNC32)CCS1)N1CCNCC1. The molecule has 23 heavy (non-hydrogen) atoms. The minimum Gasteiger partial charge on any atom is -0.339 e. The molecule has 0 spiro atoms. The lowest BCUT2D eigenvalue weighted by molar-refractivity contribution is -0.131. The summed E-state index contributed by atoms with van der Waals surface area (Å²) in [6.45, 7) is 7.06. The molecule has 4 unspecified atom stereocenters. The molecular formula is C14H27N7OS. The van der Waals surface area contributed by atoms with E-state index in [1.807, 2.05) is 16.7 Å². The van der Waals surface area contributed by atoms with Gasteiger partial charge in [0.15, 0.2) is 0 Å². The number of thioether (sulfide) groups is 1. The van der Waals surface area contributed by atoms with Crippen LogP contribution < -0.4 is 26.6 Å². The Morgan fingerprint density at radius 3 is 2.61 bits per heavy atom. The number of amides is 1. The summed E-state index contributed by atoms with van der Waals surface area (Å²) in [5.74, 6) is 1.35. The Kier molecular flexibility index (Phi) is 5.04. The van der Waals surface area contributed by atoms with Crippen molar-refractivity contribution >= 4 is 17.7 Å². The summed E-state index contributed by atoms with van der Waals surface area (Å²) in [6, 6.07) is 0.349. The van der Waals surface area contributed by atoms with Gasteiger partial charge in [0.05, 0.1) is 23.6 Å². The third-order valence-corrected chi connectivity index (χ3v) is 6.36. The summed E-state index contributed by atoms with van der Waals surface area (Å²) >= 11 is 1.83. The monoisotopic (exact) mass is 341 g/mol. The van der Waals surface area contributed by atoms with Crippen LogP contribution >= 0.6 is 11.8 Å². The molecule has 4 saturated heterocycles. The number of piperazine rings is 1. The van der Waals surface area contributed by atoms with Crippen LogP contribution in [-0.2, 0) is 4.79 Å². The average Bonchev–Trinajstić information content (AvgIpc) is 3.10. The molecule has 1 amide bonds. The molecule has 5 N–H and O–H groups in total. The van der Waals surface area contributed by atoms with E-state index in [1.165, 1.54) is 0 Å². The fraction of sp³-hybridized carbons (Fsp3) is 0.929. The van der Waals surface area contributed by atoms with E-state index < -0.39 is 0 Å². The van der Waals surface area contributed by atoms with Crippen LogP contribution in [0.25, 0.3) is 0 Å². The molecule has 4 atom stereocenters. The number of carbonyl (C=O) groups is 1. The predicted octanol–water partition coefficient (Wildman–Crippen LogP) is -2.84. The maximum absolute atomic E-state index is 12.8. The number of carbonyl (C=O) groups excluding carboxylic acids is 1. The Morgan fingerprint density at radius 2 is 1.78 bits per heavy atom. The fourth-order valence-corrected chi connectivity index (χ4v) is 5.15. The molecule has 9 heteroatoms. The van der Waals surface area contributed by atoms with Crippen molar-refractivity contribution in [2.75, 3.05) is 58.4 Å². The van der Waals surface area contributed by atoms with Crippen molar-refractivity contribution in [2.45, 2.75) is 23.6 Å². The smallest absolute Gasteiger partial charge is 0.237 e. The highest BCUT2D eigenvalue weighted by Gasteiger charge is 2.41. The van der Waals surface area contributed by atoms with Gasteiger partial charge >= 0.3 is 0 Å². The first-order valence-electron chi connectivity index (χ1n) is 8.61. The summed E-state index contributed by atoms with van der Waals surface area (Å²) in [5.41, 5.74) is 0. The molecule has 0 aromatic carbocycles. The lowest BCUT2D eigenvalue weighted by atomic mass is 10.1. The number of nitrogens with zero attached hydrogens (tertiary/aromatic N) is 2. The second-order valence-electron chi connectivity index (χ2n) is 6.55. The molecule has 4 heterocycles. The topological polar surface area (TPSA) is 83.7 Å². The second-order valence-corrected chi connectivity index (χ2v) is 7.86. The van der Waals surface area contributed by atoms with Gasteiger partial charge in [0.2, 0.25) is 5.91 Å². The zero-order valence-electron chi connectivity index (χ0n) is 13.4. The highest BCUT2D eigenvalue weighted by Crippen LogP contribution is 2.24. The van der Waals surface area contributed by atoms with Crippen LogP contribution in [0.1, 0.15) is 0 Å². The Morgan fingerprint density at radius 1 is 1.00 bits per heavy atom. The molecule has 4 aliphatic heterocycles. The van der Waals surface area contributed by atoms with Gasteiger partial charge in [-0.25, -0.2) is 0 Å². The summed E-state index contributed by atoms with van der Waals surface area (Å²) in [5, 5.41) is 17.4. The van der Waals surface area contributed by atoms with Crippen molar-refractivity contribution in [2.24, 2.45) is 0 Å². The van der Waals surface area contributed by atoms with E-state index in [9.17, 15) is 4.79 Å². The Labute approximate surface area is 141 Å². The number of fused-ring (bicyclic) bond motifs is 1. The molecule has 4 fully saturated rings. The number of nitrogens with one attached hydrogen (secondary N) is 5. The zero-order valence-corrected chi connectivity index (χ0v) is 14.2. The highest BCUT2D eigenvalue weighted by molar-refractivity contribution is 8.00. The van der Waals surface area contributed by atoms with Crippen LogP contribution in [0.2, 0.25) is 0 Å². The Bertz CT molecular complexity index is 433. The Balaban J connectivity index is 1.39.